The van der Waals surface area contributed by atoms with E-state index in [1.165, 1.54) is 0 Å². The summed E-state index contributed by atoms with van der Waals surface area (Å²) in [7, 11) is 0. The number of esters is 1. The summed E-state index contributed by atoms with van der Waals surface area (Å²) in [6, 6.07) is 11.3. The van der Waals surface area contributed by atoms with Gasteiger partial charge in [0.05, 0.1) is 29.3 Å². The minimum absolute atomic E-state index is 0.0791. The number of aromatic nitrogens is 1. The minimum Gasteiger partial charge on any atom is -0.466 e. The van der Waals surface area contributed by atoms with Crippen molar-refractivity contribution in [2.75, 3.05) is 31.4 Å². The summed E-state index contributed by atoms with van der Waals surface area (Å²) >= 11 is 0. The Morgan fingerprint density at radius 1 is 1.09 bits per heavy atom. The lowest BCUT2D eigenvalue weighted by atomic mass is 9.94. The van der Waals surface area contributed by atoms with Gasteiger partial charge in [0.15, 0.2) is 17.3 Å². The fourth-order valence-electron chi connectivity index (χ4n) is 4.53. The first-order valence-electron chi connectivity index (χ1n) is 11.3. The van der Waals surface area contributed by atoms with Crippen LogP contribution in [-0.2, 0) is 9.53 Å². The van der Waals surface area contributed by atoms with Crippen molar-refractivity contribution in [2.45, 2.75) is 26.7 Å². The van der Waals surface area contributed by atoms with Gasteiger partial charge < -0.3 is 19.1 Å². The van der Waals surface area contributed by atoms with Crippen molar-refractivity contribution in [3.05, 3.63) is 59.3 Å². The highest BCUT2D eigenvalue weighted by Gasteiger charge is 2.30. The standard InChI is InChI=1S/C26H26N2O5/c1-3-31-26(30)18-8-10-28(11-9-18)24-19-12-22-23(33-15-32-22)13-21(19)27-14-20(24)25(29)17-6-4-16(2)5-7-17/h4-7,12-14,18H,3,8-11,15H2,1-2H3. The van der Waals surface area contributed by atoms with Crippen molar-refractivity contribution < 1.29 is 23.8 Å². The number of nitrogens with zero attached hydrogens (tertiary/aromatic N) is 2. The van der Waals surface area contributed by atoms with Crippen LogP contribution in [0.4, 0.5) is 5.69 Å². The predicted molar refractivity (Wildman–Crippen MR) is 124 cm³/mol. The van der Waals surface area contributed by atoms with Gasteiger partial charge in [-0.3, -0.25) is 14.6 Å². The molecular weight excluding hydrogens is 420 g/mol. The maximum atomic E-state index is 13.6. The lowest BCUT2D eigenvalue weighted by Crippen LogP contribution is -2.38. The quantitative estimate of drug-likeness (QED) is 0.428. The molecule has 5 rings (SSSR count). The van der Waals surface area contributed by atoms with E-state index in [2.05, 4.69) is 9.88 Å². The molecule has 1 fully saturated rings. The SMILES string of the molecule is CCOC(=O)C1CCN(c2c(C(=O)c3ccc(C)cc3)cnc3cc4c(cc23)OCO4)CC1. The van der Waals surface area contributed by atoms with Crippen LogP contribution in [0, 0.1) is 12.8 Å². The van der Waals surface area contributed by atoms with E-state index in [1.54, 1.807) is 6.20 Å². The van der Waals surface area contributed by atoms with E-state index >= 15 is 0 Å². The maximum Gasteiger partial charge on any atom is 0.309 e. The molecule has 0 N–H and O–H groups in total. The summed E-state index contributed by atoms with van der Waals surface area (Å²) in [5.74, 6) is 0.957. The fourth-order valence-corrected chi connectivity index (χ4v) is 4.53. The molecule has 33 heavy (non-hydrogen) atoms. The predicted octanol–water partition coefficient (Wildman–Crippen LogP) is 4.28. The number of aryl methyl sites for hydroxylation is 1. The molecule has 0 bridgehead atoms. The van der Waals surface area contributed by atoms with Crippen LogP contribution in [0.5, 0.6) is 11.5 Å². The van der Waals surface area contributed by atoms with Crippen molar-refractivity contribution in [1.29, 1.82) is 0 Å². The van der Waals surface area contributed by atoms with Gasteiger partial charge in [-0.2, -0.15) is 0 Å². The van der Waals surface area contributed by atoms with Crippen molar-refractivity contribution in [1.82, 2.24) is 4.98 Å². The normalized spacial score (nSPS) is 15.6. The highest BCUT2D eigenvalue weighted by atomic mass is 16.7. The molecule has 7 heteroatoms. The Morgan fingerprint density at radius 2 is 1.79 bits per heavy atom. The van der Waals surface area contributed by atoms with Gasteiger partial charge in [-0.25, -0.2) is 0 Å². The summed E-state index contributed by atoms with van der Waals surface area (Å²) in [4.78, 5) is 32.6. The lowest BCUT2D eigenvalue weighted by molar-refractivity contribution is -0.148. The maximum absolute atomic E-state index is 13.6. The Kier molecular flexibility index (Phi) is 5.62. The Labute approximate surface area is 192 Å². The number of hydrogen-bond acceptors (Lipinski definition) is 7. The first kappa shape index (κ1) is 21.2. The lowest BCUT2D eigenvalue weighted by Gasteiger charge is -2.34. The van der Waals surface area contributed by atoms with E-state index in [-0.39, 0.29) is 24.5 Å². The van der Waals surface area contributed by atoms with Gasteiger partial charge in [-0.15, -0.1) is 0 Å². The Morgan fingerprint density at radius 3 is 2.48 bits per heavy atom. The second-order valence-electron chi connectivity index (χ2n) is 8.45. The molecule has 1 aromatic heterocycles. The summed E-state index contributed by atoms with van der Waals surface area (Å²) in [5, 5.41) is 0.840. The van der Waals surface area contributed by atoms with Crippen LogP contribution in [0.15, 0.2) is 42.6 Å². The molecule has 0 unspecified atom stereocenters. The number of ether oxygens (including phenoxy) is 3. The highest BCUT2D eigenvalue weighted by molar-refractivity contribution is 6.16. The van der Waals surface area contributed by atoms with Gasteiger partial charge in [0, 0.05) is 36.3 Å². The van der Waals surface area contributed by atoms with E-state index in [1.807, 2.05) is 50.2 Å². The Bertz CT molecular complexity index is 1210. The summed E-state index contributed by atoms with van der Waals surface area (Å²) in [6.07, 6.45) is 3.00. The van der Waals surface area contributed by atoms with E-state index in [0.29, 0.717) is 55.2 Å². The zero-order chi connectivity index (χ0) is 22.9. The number of ketones is 1. The third-order valence-corrected chi connectivity index (χ3v) is 6.32. The van der Waals surface area contributed by atoms with E-state index in [0.717, 1.165) is 22.2 Å². The van der Waals surface area contributed by atoms with Gasteiger partial charge in [-0.1, -0.05) is 29.8 Å². The number of hydrogen-bond donors (Lipinski definition) is 0. The van der Waals surface area contributed by atoms with Crippen LogP contribution < -0.4 is 14.4 Å². The van der Waals surface area contributed by atoms with Crippen LogP contribution >= 0.6 is 0 Å². The molecule has 2 aliphatic heterocycles. The number of anilines is 1. The number of piperidine rings is 1. The number of carbonyl (C=O) groups excluding carboxylic acids is 2. The Balaban J connectivity index is 1.57. The highest BCUT2D eigenvalue weighted by Crippen LogP contribution is 2.41. The van der Waals surface area contributed by atoms with Crippen LogP contribution in [0.3, 0.4) is 0 Å². The first-order chi connectivity index (χ1) is 16.0. The van der Waals surface area contributed by atoms with E-state index in [9.17, 15) is 9.59 Å². The molecule has 1 saturated heterocycles. The van der Waals surface area contributed by atoms with Crippen molar-refractivity contribution in [3.8, 4) is 11.5 Å². The average molecular weight is 447 g/mol. The molecule has 3 heterocycles. The molecule has 3 aromatic rings. The molecule has 0 saturated carbocycles. The largest absolute Gasteiger partial charge is 0.466 e. The summed E-state index contributed by atoms with van der Waals surface area (Å²) in [5.41, 5.74) is 3.82. The fraction of sp³-hybridized carbons (Fsp3) is 0.346. The molecule has 0 radical (unpaired) electrons. The van der Waals surface area contributed by atoms with Crippen molar-refractivity contribution in [2.24, 2.45) is 5.92 Å². The third kappa shape index (κ3) is 3.99. The van der Waals surface area contributed by atoms with Crippen LogP contribution in [0.2, 0.25) is 0 Å². The van der Waals surface area contributed by atoms with Gasteiger partial charge >= 0.3 is 5.97 Å². The number of rotatable bonds is 5. The second-order valence-corrected chi connectivity index (χ2v) is 8.45. The zero-order valence-electron chi connectivity index (χ0n) is 18.8. The number of benzene rings is 2. The summed E-state index contributed by atoms with van der Waals surface area (Å²) in [6.45, 7) is 5.66. The minimum atomic E-state index is -0.143. The average Bonchev–Trinajstić information content (AvgIpc) is 3.29. The molecule has 0 amide bonds. The van der Waals surface area contributed by atoms with E-state index in [4.69, 9.17) is 14.2 Å². The number of pyridine rings is 1. The van der Waals surface area contributed by atoms with E-state index < -0.39 is 0 Å². The van der Waals surface area contributed by atoms with Gasteiger partial charge in [0.1, 0.15) is 0 Å². The number of fused-ring (bicyclic) bond motifs is 2. The second kappa shape index (κ2) is 8.73. The van der Waals surface area contributed by atoms with Gasteiger partial charge in [0.2, 0.25) is 6.79 Å². The molecule has 2 aromatic carbocycles. The number of carbonyl (C=O) groups is 2. The molecular formula is C26H26N2O5. The van der Waals surface area contributed by atoms with Crippen LogP contribution in [0.1, 0.15) is 41.3 Å². The third-order valence-electron chi connectivity index (χ3n) is 6.32. The Hall–Kier alpha value is -3.61. The van der Waals surface area contributed by atoms with Crippen molar-refractivity contribution >= 4 is 28.3 Å². The molecule has 0 spiro atoms. The molecule has 2 aliphatic rings. The summed E-state index contributed by atoms with van der Waals surface area (Å²) < 4.78 is 16.3. The molecule has 7 nitrogen and oxygen atoms in total. The van der Waals surface area contributed by atoms with Gasteiger partial charge in [-0.05, 0) is 32.8 Å². The molecule has 0 aliphatic carbocycles. The zero-order valence-corrected chi connectivity index (χ0v) is 18.8. The van der Waals surface area contributed by atoms with Crippen LogP contribution in [0.25, 0.3) is 10.9 Å². The van der Waals surface area contributed by atoms with Gasteiger partial charge in [0.25, 0.3) is 0 Å². The van der Waals surface area contributed by atoms with Crippen LogP contribution in [-0.4, -0.2) is 43.2 Å². The monoisotopic (exact) mass is 446 g/mol. The topological polar surface area (TPSA) is 78.0 Å². The first-order valence-corrected chi connectivity index (χ1v) is 11.3. The smallest absolute Gasteiger partial charge is 0.309 e. The molecule has 170 valence electrons. The van der Waals surface area contributed by atoms with Crippen molar-refractivity contribution in [3.63, 3.8) is 0 Å². The molecule has 0 atom stereocenters.